The van der Waals surface area contributed by atoms with Crippen LogP contribution in [0.3, 0.4) is 0 Å². The Labute approximate surface area is 112 Å². The predicted octanol–water partition coefficient (Wildman–Crippen LogP) is 1.93. The van der Waals surface area contributed by atoms with E-state index in [9.17, 15) is 13.2 Å². The largest absolute Gasteiger partial charge is 0.475 e. The van der Waals surface area contributed by atoms with Gasteiger partial charge in [-0.15, -0.1) is 0 Å². The summed E-state index contributed by atoms with van der Waals surface area (Å²) in [7, 11) is -3.74. The Morgan fingerprint density at radius 1 is 1.37 bits per heavy atom. The van der Waals surface area contributed by atoms with Gasteiger partial charge in [0.15, 0.2) is 0 Å². The summed E-state index contributed by atoms with van der Waals surface area (Å²) in [6, 6.07) is 2.28. The van der Waals surface area contributed by atoms with Gasteiger partial charge in [-0.1, -0.05) is 12.8 Å². The maximum Gasteiger partial charge on any atom is 0.371 e. The van der Waals surface area contributed by atoms with Crippen LogP contribution < -0.4 is 0 Å². The Balaban J connectivity index is 2.31. The molecule has 7 heteroatoms. The van der Waals surface area contributed by atoms with Crippen molar-refractivity contribution in [3.8, 4) is 0 Å². The highest BCUT2D eigenvalue weighted by atomic mass is 32.2. The Morgan fingerprint density at radius 2 is 2.11 bits per heavy atom. The fraction of sp³-hybridized carbons (Fsp3) is 0.583. The number of sulfonamides is 1. The molecule has 0 amide bonds. The lowest BCUT2D eigenvalue weighted by atomic mass is 10.1. The molecule has 0 saturated carbocycles. The van der Waals surface area contributed by atoms with Gasteiger partial charge < -0.3 is 9.52 Å². The molecule has 1 aromatic rings. The lowest BCUT2D eigenvalue weighted by Crippen LogP contribution is -2.38. The number of hydrogen-bond acceptors (Lipinski definition) is 4. The van der Waals surface area contributed by atoms with Crippen LogP contribution >= 0.6 is 0 Å². The van der Waals surface area contributed by atoms with Crippen molar-refractivity contribution in [3.05, 3.63) is 17.9 Å². The summed E-state index contributed by atoms with van der Waals surface area (Å²) in [6.45, 7) is 2.32. The molecule has 1 unspecified atom stereocenters. The van der Waals surface area contributed by atoms with Crippen molar-refractivity contribution >= 4 is 16.0 Å². The molecule has 1 aliphatic heterocycles. The van der Waals surface area contributed by atoms with Crippen molar-refractivity contribution in [1.29, 1.82) is 0 Å². The van der Waals surface area contributed by atoms with Gasteiger partial charge >= 0.3 is 5.97 Å². The van der Waals surface area contributed by atoms with Gasteiger partial charge in [-0.2, -0.15) is 4.31 Å². The average Bonchev–Trinajstić information content (AvgIpc) is 2.74. The van der Waals surface area contributed by atoms with E-state index in [-0.39, 0.29) is 16.9 Å². The van der Waals surface area contributed by atoms with E-state index in [4.69, 9.17) is 9.52 Å². The van der Waals surface area contributed by atoms with E-state index in [1.165, 1.54) is 10.4 Å². The highest BCUT2D eigenvalue weighted by Gasteiger charge is 2.32. The molecule has 2 heterocycles. The van der Waals surface area contributed by atoms with E-state index in [2.05, 4.69) is 0 Å². The third-order valence-electron chi connectivity index (χ3n) is 3.35. The van der Waals surface area contributed by atoms with Gasteiger partial charge in [0.25, 0.3) is 10.0 Å². The standard InChI is InChI=1S/C12H17NO5S/c1-9-5-3-2-4-8-13(9)19(16,17)11-7-6-10(18-11)12(14)15/h6-7,9H,2-5,8H2,1H3,(H,14,15). The average molecular weight is 287 g/mol. The molecule has 0 bridgehead atoms. The molecule has 19 heavy (non-hydrogen) atoms. The molecule has 0 aliphatic carbocycles. The zero-order valence-corrected chi connectivity index (χ0v) is 11.5. The molecule has 1 N–H and O–H groups in total. The van der Waals surface area contributed by atoms with Crippen molar-refractivity contribution in [2.75, 3.05) is 6.54 Å². The van der Waals surface area contributed by atoms with E-state index in [0.717, 1.165) is 31.7 Å². The van der Waals surface area contributed by atoms with E-state index in [1.54, 1.807) is 0 Å². The number of rotatable bonds is 3. The molecule has 1 aromatic heterocycles. The first-order valence-electron chi connectivity index (χ1n) is 6.28. The van der Waals surface area contributed by atoms with Crippen molar-refractivity contribution in [3.63, 3.8) is 0 Å². The summed E-state index contributed by atoms with van der Waals surface area (Å²) in [6.07, 6.45) is 3.64. The molecule has 0 aromatic carbocycles. The third kappa shape index (κ3) is 2.82. The maximum atomic E-state index is 12.4. The van der Waals surface area contributed by atoms with Gasteiger partial charge in [-0.25, -0.2) is 13.2 Å². The van der Waals surface area contributed by atoms with Crippen LogP contribution in [0, 0.1) is 0 Å². The van der Waals surface area contributed by atoms with Crippen LogP contribution in [0.15, 0.2) is 21.6 Å². The van der Waals surface area contributed by atoms with Crippen LogP contribution in [-0.2, 0) is 10.0 Å². The van der Waals surface area contributed by atoms with Crippen LogP contribution in [0.25, 0.3) is 0 Å². The molecule has 6 nitrogen and oxygen atoms in total. The van der Waals surface area contributed by atoms with Gasteiger partial charge in [-0.3, -0.25) is 0 Å². The first kappa shape index (κ1) is 14.1. The summed E-state index contributed by atoms with van der Waals surface area (Å²) >= 11 is 0. The molecule has 0 radical (unpaired) electrons. The van der Waals surface area contributed by atoms with Gasteiger partial charge in [-0.05, 0) is 31.9 Å². The minimum atomic E-state index is -3.74. The fourth-order valence-electron chi connectivity index (χ4n) is 2.29. The second-order valence-electron chi connectivity index (χ2n) is 4.74. The highest BCUT2D eigenvalue weighted by molar-refractivity contribution is 7.89. The molecular formula is C12H17NO5S. The third-order valence-corrected chi connectivity index (χ3v) is 5.23. The van der Waals surface area contributed by atoms with E-state index < -0.39 is 16.0 Å². The highest BCUT2D eigenvalue weighted by Crippen LogP contribution is 2.25. The minimum absolute atomic E-state index is 0.0918. The number of carboxylic acid groups (broad SMARTS) is 1. The van der Waals surface area contributed by atoms with Crippen molar-refractivity contribution in [1.82, 2.24) is 4.31 Å². The molecule has 0 spiro atoms. The first-order valence-corrected chi connectivity index (χ1v) is 7.72. The Morgan fingerprint density at radius 3 is 2.74 bits per heavy atom. The minimum Gasteiger partial charge on any atom is -0.475 e. The maximum absolute atomic E-state index is 12.4. The number of carboxylic acids is 1. The van der Waals surface area contributed by atoms with E-state index in [0.29, 0.717) is 6.54 Å². The molecule has 106 valence electrons. The number of aromatic carboxylic acids is 1. The SMILES string of the molecule is CC1CCCCCN1S(=O)(=O)c1ccc(C(=O)O)o1. The summed E-state index contributed by atoms with van der Waals surface area (Å²) in [5, 5.41) is 8.48. The van der Waals surface area contributed by atoms with Crippen LogP contribution in [0.2, 0.25) is 0 Å². The molecule has 1 fully saturated rings. The quantitative estimate of drug-likeness (QED) is 0.917. The van der Waals surface area contributed by atoms with Crippen LogP contribution in [0.5, 0.6) is 0 Å². The Hall–Kier alpha value is -1.34. The van der Waals surface area contributed by atoms with Crippen molar-refractivity contribution in [2.24, 2.45) is 0 Å². The number of furan rings is 1. The van der Waals surface area contributed by atoms with Gasteiger partial charge in [0.2, 0.25) is 10.9 Å². The summed E-state index contributed by atoms with van der Waals surface area (Å²) in [5.74, 6) is -1.63. The zero-order valence-electron chi connectivity index (χ0n) is 10.7. The summed E-state index contributed by atoms with van der Waals surface area (Å²) in [4.78, 5) is 10.7. The second kappa shape index (κ2) is 5.34. The Bertz CT molecular complexity index is 562. The Kier molecular flexibility index (Phi) is 3.96. The molecule has 2 rings (SSSR count). The molecule has 1 saturated heterocycles. The molecule has 1 atom stereocenters. The summed E-state index contributed by atoms with van der Waals surface area (Å²) < 4.78 is 31.2. The van der Waals surface area contributed by atoms with Gasteiger partial charge in [0, 0.05) is 12.6 Å². The van der Waals surface area contributed by atoms with Crippen molar-refractivity contribution < 1.29 is 22.7 Å². The molecule has 1 aliphatic rings. The lowest BCUT2D eigenvalue weighted by Gasteiger charge is -2.24. The monoisotopic (exact) mass is 287 g/mol. The lowest BCUT2D eigenvalue weighted by molar-refractivity contribution is 0.0656. The van der Waals surface area contributed by atoms with Crippen LogP contribution in [0.4, 0.5) is 0 Å². The van der Waals surface area contributed by atoms with Crippen LogP contribution in [-0.4, -0.2) is 36.4 Å². The second-order valence-corrected chi connectivity index (χ2v) is 6.56. The first-order chi connectivity index (χ1) is 8.93. The number of hydrogen-bond donors (Lipinski definition) is 1. The van der Waals surface area contributed by atoms with E-state index >= 15 is 0 Å². The van der Waals surface area contributed by atoms with Crippen LogP contribution in [0.1, 0.15) is 43.2 Å². The van der Waals surface area contributed by atoms with Crippen molar-refractivity contribution in [2.45, 2.75) is 43.7 Å². The fourth-order valence-corrected chi connectivity index (χ4v) is 3.91. The topological polar surface area (TPSA) is 87.8 Å². The number of nitrogens with zero attached hydrogens (tertiary/aromatic N) is 1. The van der Waals surface area contributed by atoms with E-state index in [1.807, 2.05) is 6.92 Å². The van der Waals surface area contributed by atoms with Gasteiger partial charge in [0.1, 0.15) is 0 Å². The predicted molar refractivity (Wildman–Crippen MR) is 67.5 cm³/mol. The zero-order chi connectivity index (χ0) is 14.0. The number of carbonyl (C=O) groups is 1. The molecular weight excluding hydrogens is 270 g/mol. The summed E-state index contributed by atoms with van der Waals surface area (Å²) in [5.41, 5.74) is 0. The smallest absolute Gasteiger partial charge is 0.371 e. The van der Waals surface area contributed by atoms with Gasteiger partial charge in [0.05, 0.1) is 0 Å². The normalized spacial score (nSPS) is 22.1.